The highest BCUT2D eigenvalue weighted by Gasteiger charge is 2.24. The molecule has 0 bridgehead atoms. The normalized spacial score (nSPS) is 21.7. The first-order valence-electron chi connectivity index (χ1n) is 8.10. The Bertz CT molecular complexity index is 445. The number of rotatable bonds is 3. The quantitative estimate of drug-likeness (QED) is 0.930. The number of hydrogen-bond donors (Lipinski definition) is 1. The van der Waals surface area contributed by atoms with Gasteiger partial charge in [0.2, 0.25) is 0 Å². The Morgan fingerprint density at radius 2 is 1.81 bits per heavy atom. The Morgan fingerprint density at radius 3 is 2.48 bits per heavy atom. The van der Waals surface area contributed by atoms with E-state index < -0.39 is 0 Å². The van der Waals surface area contributed by atoms with Gasteiger partial charge in [-0.3, -0.25) is 4.98 Å². The van der Waals surface area contributed by atoms with Crippen molar-refractivity contribution in [1.82, 2.24) is 9.88 Å². The highest BCUT2D eigenvalue weighted by molar-refractivity contribution is 5.66. The molecule has 116 valence electrons. The number of aromatic nitrogens is 1. The standard InChI is InChI=1S/C16H25FN4/c17-14-10-19-11-15(18)16(14)21-8-4-13(5-9-21)12-20-6-2-1-3-7-20/h10-11,13H,1-9,12,18H2. The number of piperidine rings is 2. The second kappa shape index (κ2) is 6.60. The second-order valence-corrected chi connectivity index (χ2v) is 6.35. The summed E-state index contributed by atoms with van der Waals surface area (Å²) in [4.78, 5) is 8.48. The van der Waals surface area contributed by atoms with Crippen LogP contribution in [0.15, 0.2) is 12.4 Å². The van der Waals surface area contributed by atoms with E-state index in [1.54, 1.807) is 0 Å². The van der Waals surface area contributed by atoms with Crippen molar-refractivity contribution >= 4 is 11.4 Å². The van der Waals surface area contributed by atoms with Crippen LogP contribution in [0.2, 0.25) is 0 Å². The minimum atomic E-state index is -0.301. The van der Waals surface area contributed by atoms with E-state index in [1.807, 2.05) is 0 Å². The molecule has 1 aromatic rings. The Morgan fingerprint density at radius 1 is 1.10 bits per heavy atom. The van der Waals surface area contributed by atoms with Gasteiger partial charge in [-0.1, -0.05) is 6.42 Å². The fourth-order valence-electron chi connectivity index (χ4n) is 3.62. The minimum Gasteiger partial charge on any atom is -0.396 e. The number of pyridine rings is 1. The second-order valence-electron chi connectivity index (χ2n) is 6.35. The fraction of sp³-hybridized carbons (Fsp3) is 0.688. The summed E-state index contributed by atoms with van der Waals surface area (Å²) in [5.74, 6) is 0.440. The lowest BCUT2D eigenvalue weighted by Crippen LogP contribution is -2.40. The lowest BCUT2D eigenvalue weighted by Gasteiger charge is -2.37. The van der Waals surface area contributed by atoms with Crippen molar-refractivity contribution in [2.45, 2.75) is 32.1 Å². The lowest BCUT2D eigenvalue weighted by atomic mass is 9.95. The average Bonchev–Trinajstić information content (AvgIpc) is 2.50. The molecule has 2 aliphatic heterocycles. The predicted molar refractivity (Wildman–Crippen MR) is 83.8 cm³/mol. The third-order valence-corrected chi connectivity index (χ3v) is 4.80. The number of nitrogens with two attached hydrogens (primary N) is 1. The van der Waals surface area contributed by atoms with Crippen molar-refractivity contribution in [1.29, 1.82) is 0 Å². The number of halogens is 1. The summed E-state index contributed by atoms with van der Waals surface area (Å²) in [5, 5.41) is 0. The molecule has 2 aliphatic rings. The smallest absolute Gasteiger partial charge is 0.166 e. The van der Waals surface area contributed by atoms with Crippen molar-refractivity contribution in [3.8, 4) is 0 Å². The zero-order valence-electron chi connectivity index (χ0n) is 12.6. The molecule has 4 nitrogen and oxygen atoms in total. The van der Waals surface area contributed by atoms with Gasteiger partial charge >= 0.3 is 0 Å². The zero-order valence-corrected chi connectivity index (χ0v) is 12.6. The van der Waals surface area contributed by atoms with E-state index in [4.69, 9.17) is 5.73 Å². The number of hydrogen-bond acceptors (Lipinski definition) is 4. The molecule has 3 rings (SSSR count). The molecule has 0 aliphatic carbocycles. The van der Waals surface area contributed by atoms with Crippen molar-refractivity contribution in [2.24, 2.45) is 5.92 Å². The average molecular weight is 292 g/mol. The van der Waals surface area contributed by atoms with Gasteiger partial charge in [0.15, 0.2) is 5.82 Å². The zero-order chi connectivity index (χ0) is 14.7. The van der Waals surface area contributed by atoms with Gasteiger partial charge in [0, 0.05) is 19.6 Å². The molecule has 0 amide bonds. The monoisotopic (exact) mass is 292 g/mol. The summed E-state index contributed by atoms with van der Waals surface area (Å²) in [6.45, 7) is 5.51. The van der Waals surface area contributed by atoms with Crippen LogP contribution in [0.25, 0.3) is 0 Å². The molecule has 2 fully saturated rings. The van der Waals surface area contributed by atoms with Crippen molar-refractivity contribution < 1.29 is 4.39 Å². The third-order valence-electron chi connectivity index (χ3n) is 4.80. The van der Waals surface area contributed by atoms with Gasteiger partial charge < -0.3 is 15.5 Å². The highest BCUT2D eigenvalue weighted by atomic mass is 19.1. The third kappa shape index (κ3) is 3.46. The molecule has 0 spiro atoms. The van der Waals surface area contributed by atoms with Gasteiger partial charge in [0.1, 0.15) is 0 Å². The van der Waals surface area contributed by atoms with Gasteiger partial charge in [0.05, 0.1) is 23.8 Å². The lowest BCUT2D eigenvalue weighted by molar-refractivity contribution is 0.181. The molecule has 21 heavy (non-hydrogen) atoms. The van der Waals surface area contributed by atoms with Crippen LogP contribution in [0, 0.1) is 11.7 Å². The van der Waals surface area contributed by atoms with Gasteiger partial charge in [-0.25, -0.2) is 4.39 Å². The van der Waals surface area contributed by atoms with Crippen LogP contribution in [-0.4, -0.2) is 42.6 Å². The van der Waals surface area contributed by atoms with E-state index in [0.29, 0.717) is 11.4 Å². The Hall–Kier alpha value is -1.36. The highest BCUT2D eigenvalue weighted by Crippen LogP contribution is 2.30. The topological polar surface area (TPSA) is 45.4 Å². The van der Waals surface area contributed by atoms with Crippen LogP contribution in [0.3, 0.4) is 0 Å². The summed E-state index contributed by atoms with van der Waals surface area (Å²) >= 11 is 0. The van der Waals surface area contributed by atoms with Crippen LogP contribution in [0.1, 0.15) is 32.1 Å². The maximum absolute atomic E-state index is 13.9. The van der Waals surface area contributed by atoms with Gasteiger partial charge in [-0.2, -0.15) is 0 Å². The fourth-order valence-corrected chi connectivity index (χ4v) is 3.62. The summed E-state index contributed by atoms with van der Waals surface area (Å²) in [7, 11) is 0. The van der Waals surface area contributed by atoms with Crippen molar-refractivity contribution in [2.75, 3.05) is 43.4 Å². The molecule has 2 saturated heterocycles. The number of nitrogen functional groups attached to an aromatic ring is 1. The molecule has 0 unspecified atom stereocenters. The largest absolute Gasteiger partial charge is 0.396 e. The SMILES string of the molecule is Nc1cncc(F)c1N1CCC(CN2CCCCC2)CC1. The molecule has 2 N–H and O–H groups in total. The predicted octanol–water partition coefficient (Wildman–Crippen LogP) is 2.51. The number of likely N-dealkylation sites (tertiary alicyclic amines) is 1. The van der Waals surface area contributed by atoms with Crippen LogP contribution in [-0.2, 0) is 0 Å². The van der Waals surface area contributed by atoms with Crippen LogP contribution in [0.4, 0.5) is 15.8 Å². The first-order valence-corrected chi connectivity index (χ1v) is 8.10. The summed E-state index contributed by atoms with van der Waals surface area (Å²) in [6, 6.07) is 0. The van der Waals surface area contributed by atoms with E-state index in [0.717, 1.165) is 31.8 Å². The molecule has 5 heteroatoms. The Labute approximate surface area is 126 Å². The van der Waals surface area contributed by atoms with E-state index in [1.165, 1.54) is 51.3 Å². The van der Waals surface area contributed by atoms with E-state index in [9.17, 15) is 4.39 Å². The Balaban J connectivity index is 1.55. The molecule has 3 heterocycles. The van der Waals surface area contributed by atoms with Crippen LogP contribution in [0.5, 0.6) is 0 Å². The van der Waals surface area contributed by atoms with Crippen molar-refractivity contribution in [3.05, 3.63) is 18.2 Å². The molecular formula is C16H25FN4. The number of nitrogens with zero attached hydrogens (tertiary/aromatic N) is 3. The maximum Gasteiger partial charge on any atom is 0.166 e. The first kappa shape index (κ1) is 14.6. The van der Waals surface area contributed by atoms with Crippen LogP contribution < -0.4 is 10.6 Å². The van der Waals surface area contributed by atoms with E-state index >= 15 is 0 Å². The Kier molecular flexibility index (Phi) is 4.58. The summed E-state index contributed by atoms with van der Waals surface area (Å²) in [6.07, 6.45) is 9.11. The summed E-state index contributed by atoms with van der Waals surface area (Å²) < 4.78 is 13.9. The molecule has 0 aromatic carbocycles. The molecule has 1 aromatic heterocycles. The summed E-state index contributed by atoms with van der Waals surface area (Å²) in [5.41, 5.74) is 6.88. The van der Waals surface area contributed by atoms with Gasteiger partial charge in [0.25, 0.3) is 0 Å². The van der Waals surface area contributed by atoms with Crippen molar-refractivity contribution in [3.63, 3.8) is 0 Å². The number of anilines is 2. The van der Waals surface area contributed by atoms with Gasteiger partial charge in [-0.15, -0.1) is 0 Å². The maximum atomic E-state index is 13.9. The van der Waals surface area contributed by atoms with E-state index in [-0.39, 0.29) is 5.82 Å². The molecule has 0 radical (unpaired) electrons. The minimum absolute atomic E-state index is 0.301. The first-order chi connectivity index (χ1) is 10.2. The molecule has 0 atom stereocenters. The van der Waals surface area contributed by atoms with E-state index in [2.05, 4.69) is 14.8 Å². The van der Waals surface area contributed by atoms with Gasteiger partial charge in [-0.05, 0) is 44.7 Å². The molecule has 0 saturated carbocycles. The molecular weight excluding hydrogens is 267 g/mol. The van der Waals surface area contributed by atoms with Crippen LogP contribution >= 0.6 is 0 Å².